The molecule has 1 aromatic heterocycles. The van der Waals surface area contributed by atoms with Crippen LogP contribution in [0.4, 0.5) is 0 Å². The molecule has 4 unspecified atom stereocenters. The van der Waals surface area contributed by atoms with Crippen LogP contribution in [-0.2, 0) is 35.2 Å². The highest BCUT2D eigenvalue weighted by atomic mass is 16.4. The Morgan fingerprint density at radius 1 is 0.838 bits per heavy atom. The number of nitrogens with two attached hydrogens (primary N) is 3. The van der Waals surface area contributed by atoms with Gasteiger partial charge in [0, 0.05) is 23.5 Å². The number of carbonyl (C=O) groups is 6. The van der Waals surface area contributed by atoms with E-state index in [1.807, 2.05) is 0 Å². The molecule has 2 rings (SSSR count). The van der Waals surface area contributed by atoms with Gasteiger partial charge in [0.15, 0.2) is 0 Å². The molecule has 0 saturated carbocycles. The summed E-state index contributed by atoms with van der Waals surface area (Å²) >= 11 is 0. The average Bonchev–Trinajstić information content (AvgIpc) is 3.23. The number of aliphatic hydroxyl groups is 1. The number of fused-ring (bicyclic) bond motifs is 1. The van der Waals surface area contributed by atoms with Crippen molar-refractivity contribution in [3.8, 4) is 0 Å². The summed E-state index contributed by atoms with van der Waals surface area (Å²) in [5, 5.41) is 26.4. The molecule has 15 nitrogen and oxygen atoms in total. The van der Waals surface area contributed by atoms with Crippen molar-refractivity contribution in [1.29, 1.82) is 0 Å². The van der Waals surface area contributed by atoms with E-state index in [1.165, 1.54) is 0 Å². The maximum Gasteiger partial charge on any atom is 0.326 e. The molecule has 0 aliphatic heterocycles. The van der Waals surface area contributed by atoms with Crippen LogP contribution < -0.4 is 33.2 Å². The molecule has 4 atom stereocenters. The minimum Gasteiger partial charge on any atom is -0.480 e. The van der Waals surface area contributed by atoms with Crippen molar-refractivity contribution in [1.82, 2.24) is 20.9 Å². The lowest BCUT2D eigenvalue weighted by atomic mass is 10.0. The fourth-order valence-corrected chi connectivity index (χ4v) is 3.46. The number of aliphatic carboxylic acids is 1. The Morgan fingerprint density at radius 3 is 2.00 bits per heavy atom. The first-order valence-corrected chi connectivity index (χ1v) is 11.0. The number of aromatic amines is 1. The predicted molar refractivity (Wildman–Crippen MR) is 128 cm³/mol. The van der Waals surface area contributed by atoms with E-state index < -0.39 is 79.1 Å². The molecule has 0 fully saturated rings. The van der Waals surface area contributed by atoms with Crippen LogP contribution in [0, 0.1) is 0 Å². The van der Waals surface area contributed by atoms with Crippen LogP contribution >= 0.6 is 0 Å². The van der Waals surface area contributed by atoms with Crippen LogP contribution in [0.3, 0.4) is 0 Å². The van der Waals surface area contributed by atoms with Crippen molar-refractivity contribution in [2.45, 2.75) is 43.4 Å². The number of carboxylic acid groups (broad SMARTS) is 1. The molecule has 5 amide bonds. The Bertz CT molecular complexity index is 1180. The summed E-state index contributed by atoms with van der Waals surface area (Å²) < 4.78 is 0. The Labute approximate surface area is 210 Å². The predicted octanol–water partition coefficient (Wildman–Crippen LogP) is -3.68. The lowest BCUT2D eigenvalue weighted by Crippen LogP contribution is -2.58. The van der Waals surface area contributed by atoms with E-state index in [1.54, 1.807) is 30.5 Å². The average molecular weight is 520 g/mol. The van der Waals surface area contributed by atoms with Gasteiger partial charge in [-0.15, -0.1) is 0 Å². The van der Waals surface area contributed by atoms with Gasteiger partial charge in [-0.05, 0) is 11.6 Å². The van der Waals surface area contributed by atoms with Crippen molar-refractivity contribution in [3.63, 3.8) is 0 Å². The van der Waals surface area contributed by atoms with E-state index in [9.17, 15) is 39.0 Å². The van der Waals surface area contributed by atoms with Crippen molar-refractivity contribution < 1.29 is 39.0 Å². The number of carboxylic acids is 1. The summed E-state index contributed by atoms with van der Waals surface area (Å²) in [4.78, 5) is 74.8. The molecular weight excluding hydrogens is 490 g/mol. The molecule has 0 bridgehead atoms. The number of aliphatic hydroxyl groups excluding tert-OH is 1. The molecular formula is C22H29N7O8. The van der Waals surface area contributed by atoms with Crippen LogP contribution in [0.1, 0.15) is 18.4 Å². The first-order valence-electron chi connectivity index (χ1n) is 11.0. The van der Waals surface area contributed by atoms with E-state index in [4.69, 9.17) is 17.2 Å². The Balaban J connectivity index is 2.27. The summed E-state index contributed by atoms with van der Waals surface area (Å²) in [6.07, 6.45) is 0.274. The fraction of sp³-hybridized carbons (Fsp3) is 0.364. The van der Waals surface area contributed by atoms with Gasteiger partial charge in [-0.2, -0.15) is 0 Å². The number of primary amides is 2. The number of amides is 5. The second kappa shape index (κ2) is 13.0. The molecule has 0 radical (unpaired) electrons. The monoisotopic (exact) mass is 519 g/mol. The van der Waals surface area contributed by atoms with Crippen molar-refractivity contribution in [2.24, 2.45) is 17.2 Å². The maximum atomic E-state index is 13.0. The van der Waals surface area contributed by atoms with Gasteiger partial charge >= 0.3 is 5.97 Å². The molecule has 0 spiro atoms. The van der Waals surface area contributed by atoms with E-state index in [0.29, 0.717) is 5.56 Å². The molecule has 200 valence electrons. The second-order valence-electron chi connectivity index (χ2n) is 8.22. The molecule has 0 aliphatic rings. The van der Waals surface area contributed by atoms with Crippen LogP contribution in [-0.4, -0.2) is 81.5 Å². The number of hydrogen-bond donors (Lipinski definition) is 9. The minimum absolute atomic E-state index is 0.127. The molecule has 1 aromatic carbocycles. The van der Waals surface area contributed by atoms with Crippen molar-refractivity contribution in [2.75, 3.05) is 6.61 Å². The van der Waals surface area contributed by atoms with Gasteiger partial charge in [0.25, 0.3) is 0 Å². The number of aromatic nitrogens is 1. The summed E-state index contributed by atoms with van der Waals surface area (Å²) in [5.74, 6) is -6.25. The minimum atomic E-state index is -1.66. The number of hydrogen-bond acceptors (Lipinski definition) is 8. The van der Waals surface area contributed by atoms with Crippen molar-refractivity contribution in [3.05, 3.63) is 36.0 Å². The molecule has 12 N–H and O–H groups in total. The third-order valence-corrected chi connectivity index (χ3v) is 5.33. The Hall–Kier alpha value is -4.50. The zero-order chi connectivity index (χ0) is 27.7. The van der Waals surface area contributed by atoms with Crippen LogP contribution in [0.25, 0.3) is 10.9 Å². The lowest BCUT2D eigenvalue weighted by molar-refractivity contribution is -0.143. The molecule has 0 saturated heterocycles. The number of nitrogens with one attached hydrogen (secondary N) is 4. The van der Waals surface area contributed by atoms with Gasteiger partial charge in [-0.3, -0.25) is 24.0 Å². The zero-order valence-electron chi connectivity index (χ0n) is 19.6. The van der Waals surface area contributed by atoms with Crippen LogP contribution in [0.5, 0.6) is 0 Å². The largest absolute Gasteiger partial charge is 0.480 e. The fourth-order valence-electron chi connectivity index (χ4n) is 3.46. The second-order valence-corrected chi connectivity index (χ2v) is 8.22. The molecule has 1 heterocycles. The summed E-state index contributed by atoms with van der Waals surface area (Å²) in [7, 11) is 0. The lowest BCUT2D eigenvalue weighted by Gasteiger charge is -2.24. The molecule has 15 heteroatoms. The Morgan fingerprint density at radius 2 is 1.41 bits per heavy atom. The van der Waals surface area contributed by atoms with Gasteiger partial charge < -0.3 is 48.3 Å². The van der Waals surface area contributed by atoms with Gasteiger partial charge in [0.05, 0.1) is 25.5 Å². The molecule has 37 heavy (non-hydrogen) atoms. The number of benzene rings is 1. The van der Waals surface area contributed by atoms with Crippen LogP contribution in [0.15, 0.2) is 30.5 Å². The number of rotatable bonds is 14. The highest BCUT2D eigenvalue weighted by Gasteiger charge is 2.31. The first-order chi connectivity index (χ1) is 17.4. The van der Waals surface area contributed by atoms with Crippen molar-refractivity contribution >= 4 is 46.4 Å². The number of H-pyrrole nitrogens is 1. The van der Waals surface area contributed by atoms with Gasteiger partial charge in [-0.25, -0.2) is 4.79 Å². The molecule has 0 aliphatic carbocycles. The highest BCUT2D eigenvalue weighted by molar-refractivity contribution is 5.96. The van der Waals surface area contributed by atoms with E-state index in [-0.39, 0.29) is 6.42 Å². The summed E-state index contributed by atoms with van der Waals surface area (Å²) in [6, 6.07) is 1.09. The Kier molecular flexibility index (Phi) is 10.1. The third kappa shape index (κ3) is 8.29. The van der Waals surface area contributed by atoms with Gasteiger partial charge in [-0.1, -0.05) is 18.2 Å². The number of para-hydroxylation sites is 1. The quantitative estimate of drug-likeness (QED) is 0.119. The normalized spacial score (nSPS) is 14.1. The van der Waals surface area contributed by atoms with E-state index >= 15 is 0 Å². The summed E-state index contributed by atoms with van der Waals surface area (Å²) in [5.41, 5.74) is 16.9. The van der Waals surface area contributed by atoms with Gasteiger partial charge in [0.1, 0.15) is 18.1 Å². The van der Waals surface area contributed by atoms with E-state index in [0.717, 1.165) is 10.9 Å². The number of carbonyl (C=O) groups excluding carboxylic acids is 5. The smallest absolute Gasteiger partial charge is 0.326 e. The van der Waals surface area contributed by atoms with Crippen LogP contribution in [0.2, 0.25) is 0 Å². The molecule has 2 aromatic rings. The zero-order valence-corrected chi connectivity index (χ0v) is 19.6. The van der Waals surface area contributed by atoms with Gasteiger partial charge in [0.2, 0.25) is 29.5 Å². The SMILES string of the molecule is NC(=O)CC(N)C(=O)NC(CO)C(=O)NC(Cc1c[nH]c2ccccc12)C(=O)NC(CC(N)=O)C(=O)O. The standard InChI is InChI=1S/C22H29N7O8/c23-12(6-17(24)31)19(33)29-16(9-30)21(35)27-14(20(34)28-15(22(36)37)7-18(25)32)5-10-8-26-13-4-2-1-3-11(10)13/h1-4,8,12,14-16,26,30H,5-7,9,23H2,(H2,24,31)(H2,25,32)(H,27,35)(H,28,34)(H,29,33)(H,36,37). The third-order valence-electron chi connectivity index (χ3n) is 5.33. The highest BCUT2D eigenvalue weighted by Crippen LogP contribution is 2.19. The topological polar surface area (TPSA) is 273 Å². The first kappa shape index (κ1) is 28.7. The summed E-state index contributed by atoms with van der Waals surface area (Å²) in [6.45, 7) is -0.887. The maximum absolute atomic E-state index is 13.0. The van der Waals surface area contributed by atoms with E-state index in [2.05, 4.69) is 20.9 Å².